The fraction of sp³-hybridized carbons (Fsp3) is 0.167. The molecule has 0 heterocycles. The van der Waals surface area contributed by atoms with Crippen LogP contribution in [0.25, 0.3) is 0 Å². The second kappa shape index (κ2) is 7.81. The Kier molecular flexibility index (Phi) is 5.78. The first kappa shape index (κ1) is 18.5. The molecule has 7 heteroatoms. The molecule has 1 amide bonds. The summed E-state index contributed by atoms with van der Waals surface area (Å²) < 4.78 is 38.0. The Morgan fingerprint density at radius 3 is 2.52 bits per heavy atom. The summed E-state index contributed by atoms with van der Waals surface area (Å²) >= 11 is 0. The number of hydrogen-bond acceptors (Lipinski definition) is 3. The predicted molar refractivity (Wildman–Crippen MR) is 94.9 cm³/mol. The molecule has 0 saturated carbocycles. The van der Waals surface area contributed by atoms with Gasteiger partial charge in [0.1, 0.15) is 5.82 Å². The lowest BCUT2D eigenvalue weighted by Gasteiger charge is -2.21. The Balaban J connectivity index is 2.23. The average molecular weight is 360 g/mol. The van der Waals surface area contributed by atoms with Gasteiger partial charge >= 0.3 is 0 Å². The Labute approximate surface area is 146 Å². The van der Waals surface area contributed by atoms with Gasteiger partial charge in [0.15, 0.2) is 0 Å². The number of amides is 1. The van der Waals surface area contributed by atoms with Crippen LogP contribution in [0.3, 0.4) is 0 Å². The summed E-state index contributed by atoms with van der Waals surface area (Å²) in [6.07, 6.45) is 6.37. The van der Waals surface area contributed by atoms with Crippen LogP contribution in [0, 0.1) is 18.2 Å². The number of halogens is 1. The van der Waals surface area contributed by atoms with Crippen molar-refractivity contribution in [3.05, 3.63) is 65.5 Å². The lowest BCUT2D eigenvalue weighted by Crippen LogP contribution is -2.31. The van der Waals surface area contributed by atoms with Gasteiger partial charge in [-0.3, -0.25) is 9.52 Å². The first-order valence-electron chi connectivity index (χ1n) is 7.33. The van der Waals surface area contributed by atoms with Crippen LogP contribution in [0.5, 0.6) is 0 Å². The maximum atomic E-state index is 13.0. The van der Waals surface area contributed by atoms with E-state index in [1.165, 1.54) is 23.1 Å². The van der Waals surface area contributed by atoms with Crippen LogP contribution in [0.4, 0.5) is 10.1 Å². The monoisotopic (exact) mass is 360 g/mol. The van der Waals surface area contributed by atoms with Crippen LogP contribution in [0.15, 0.2) is 48.5 Å². The lowest BCUT2D eigenvalue weighted by atomic mass is 10.1. The van der Waals surface area contributed by atoms with E-state index in [9.17, 15) is 17.6 Å². The van der Waals surface area contributed by atoms with Crippen LogP contribution in [0.2, 0.25) is 0 Å². The maximum Gasteiger partial charge on any atom is 0.255 e. The molecule has 130 valence electrons. The van der Waals surface area contributed by atoms with E-state index in [2.05, 4.69) is 10.6 Å². The standard InChI is InChI=1S/C18H17FN2O3S/c1-3-11-21(13-14-7-9-16(19)10-8-14)18(22)15-5-4-6-17(12-15)20-25(2,23)24/h1,4-10,12,20H,11,13H2,2H3. The molecule has 0 unspecified atom stereocenters. The summed E-state index contributed by atoms with van der Waals surface area (Å²) in [4.78, 5) is 14.1. The van der Waals surface area contributed by atoms with Crippen LogP contribution in [-0.2, 0) is 16.6 Å². The number of benzene rings is 2. The first-order chi connectivity index (χ1) is 11.8. The molecule has 0 aliphatic carbocycles. The van der Waals surface area contributed by atoms with E-state index >= 15 is 0 Å². The lowest BCUT2D eigenvalue weighted by molar-refractivity contribution is 0.0766. The molecular formula is C18H17FN2O3S. The minimum Gasteiger partial charge on any atom is -0.323 e. The average Bonchev–Trinajstić information content (AvgIpc) is 2.54. The zero-order valence-corrected chi connectivity index (χ0v) is 14.4. The maximum absolute atomic E-state index is 13.0. The zero-order chi connectivity index (χ0) is 18.4. The first-order valence-corrected chi connectivity index (χ1v) is 9.22. The van der Waals surface area contributed by atoms with Crippen LogP contribution < -0.4 is 4.72 Å². The number of rotatable bonds is 6. The largest absolute Gasteiger partial charge is 0.323 e. The second-order valence-electron chi connectivity index (χ2n) is 5.45. The summed E-state index contributed by atoms with van der Waals surface area (Å²) in [5.41, 5.74) is 1.32. The molecule has 0 aromatic heterocycles. The third-order valence-electron chi connectivity index (χ3n) is 3.27. The molecule has 0 aliphatic rings. The molecule has 2 aromatic rings. The smallest absolute Gasteiger partial charge is 0.255 e. The van der Waals surface area contributed by atoms with Crippen molar-refractivity contribution < 1.29 is 17.6 Å². The van der Waals surface area contributed by atoms with Crippen LogP contribution in [-0.4, -0.2) is 32.0 Å². The molecule has 0 atom stereocenters. The van der Waals surface area contributed by atoms with Crippen molar-refractivity contribution >= 4 is 21.6 Å². The molecule has 25 heavy (non-hydrogen) atoms. The summed E-state index contributed by atoms with van der Waals surface area (Å²) in [7, 11) is -3.45. The quantitative estimate of drug-likeness (QED) is 0.805. The highest BCUT2D eigenvalue weighted by atomic mass is 32.2. The number of nitrogens with one attached hydrogen (secondary N) is 1. The molecule has 0 spiro atoms. The molecule has 0 aliphatic heterocycles. The molecule has 1 N–H and O–H groups in total. The molecule has 0 fully saturated rings. The van der Waals surface area contributed by atoms with Crippen molar-refractivity contribution in [2.24, 2.45) is 0 Å². The van der Waals surface area contributed by atoms with Gasteiger partial charge in [0.05, 0.1) is 12.8 Å². The van der Waals surface area contributed by atoms with Gasteiger partial charge < -0.3 is 4.90 Å². The molecule has 5 nitrogen and oxygen atoms in total. The number of terminal acetylenes is 1. The van der Waals surface area contributed by atoms with Gasteiger partial charge in [-0.15, -0.1) is 6.42 Å². The highest BCUT2D eigenvalue weighted by molar-refractivity contribution is 7.92. The third-order valence-corrected chi connectivity index (χ3v) is 3.88. The van der Waals surface area contributed by atoms with Crippen molar-refractivity contribution in [1.29, 1.82) is 0 Å². The SMILES string of the molecule is C#CCN(Cc1ccc(F)cc1)C(=O)c1cccc(NS(C)(=O)=O)c1. The molecule has 2 aromatic carbocycles. The topological polar surface area (TPSA) is 66.5 Å². The number of carbonyl (C=O) groups is 1. The molecule has 0 bridgehead atoms. The number of sulfonamides is 1. The Bertz CT molecular complexity index is 903. The van der Waals surface area contributed by atoms with E-state index in [-0.39, 0.29) is 30.5 Å². The zero-order valence-electron chi connectivity index (χ0n) is 13.6. The Morgan fingerprint density at radius 2 is 1.92 bits per heavy atom. The minimum atomic E-state index is -3.45. The van der Waals surface area contributed by atoms with Crippen LogP contribution in [0.1, 0.15) is 15.9 Å². The third kappa shape index (κ3) is 5.62. The summed E-state index contributed by atoms with van der Waals surface area (Å²) in [6, 6.07) is 11.9. The van der Waals surface area contributed by atoms with Gasteiger partial charge in [-0.25, -0.2) is 12.8 Å². The van der Waals surface area contributed by atoms with Crippen molar-refractivity contribution in [2.45, 2.75) is 6.54 Å². The van der Waals surface area contributed by atoms with Gasteiger partial charge in [0.25, 0.3) is 5.91 Å². The molecular weight excluding hydrogens is 343 g/mol. The van der Waals surface area contributed by atoms with Gasteiger partial charge in [0.2, 0.25) is 10.0 Å². The van der Waals surface area contributed by atoms with E-state index in [4.69, 9.17) is 6.42 Å². The highest BCUT2D eigenvalue weighted by Gasteiger charge is 2.16. The normalized spacial score (nSPS) is 10.8. The van der Waals surface area contributed by atoms with Crippen molar-refractivity contribution in [3.8, 4) is 12.3 Å². The van der Waals surface area contributed by atoms with E-state index in [1.54, 1.807) is 30.3 Å². The van der Waals surface area contributed by atoms with Crippen molar-refractivity contribution in [1.82, 2.24) is 4.90 Å². The van der Waals surface area contributed by atoms with Gasteiger partial charge in [0, 0.05) is 17.8 Å². The van der Waals surface area contributed by atoms with Gasteiger partial charge in [-0.2, -0.15) is 0 Å². The minimum absolute atomic E-state index is 0.0694. The van der Waals surface area contributed by atoms with Crippen molar-refractivity contribution in [3.63, 3.8) is 0 Å². The number of hydrogen-bond donors (Lipinski definition) is 1. The van der Waals surface area contributed by atoms with Crippen molar-refractivity contribution in [2.75, 3.05) is 17.5 Å². The fourth-order valence-electron chi connectivity index (χ4n) is 2.23. The van der Waals surface area contributed by atoms with Gasteiger partial charge in [-0.1, -0.05) is 24.1 Å². The Morgan fingerprint density at radius 1 is 1.24 bits per heavy atom. The number of carbonyl (C=O) groups excluding carboxylic acids is 1. The number of nitrogens with zero attached hydrogens (tertiary/aromatic N) is 1. The molecule has 0 saturated heterocycles. The van der Waals surface area contributed by atoms with Crippen LogP contribution >= 0.6 is 0 Å². The number of anilines is 1. The molecule has 2 rings (SSSR count). The highest BCUT2D eigenvalue weighted by Crippen LogP contribution is 2.16. The van der Waals surface area contributed by atoms with E-state index in [1.807, 2.05) is 0 Å². The fourth-order valence-corrected chi connectivity index (χ4v) is 2.79. The predicted octanol–water partition coefficient (Wildman–Crippen LogP) is 2.47. The summed E-state index contributed by atoms with van der Waals surface area (Å²) in [5, 5.41) is 0. The summed E-state index contributed by atoms with van der Waals surface area (Å²) in [6.45, 7) is 0.285. The van der Waals surface area contributed by atoms with E-state index in [0.717, 1.165) is 11.8 Å². The Hall–Kier alpha value is -2.85. The van der Waals surface area contributed by atoms with E-state index < -0.39 is 10.0 Å². The summed E-state index contributed by atoms with van der Waals surface area (Å²) in [5.74, 6) is 1.71. The molecule has 0 radical (unpaired) electrons. The van der Waals surface area contributed by atoms with E-state index in [0.29, 0.717) is 5.56 Å². The van der Waals surface area contributed by atoms with Gasteiger partial charge in [-0.05, 0) is 35.9 Å². The second-order valence-corrected chi connectivity index (χ2v) is 7.20.